The molecule has 296 valence electrons. The Labute approximate surface area is 325 Å². The van der Waals surface area contributed by atoms with E-state index in [4.69, 9.17) is 14.2 Å². The van der Waals surface area contributed by atoms with Gasteiger partial charge < -0.3 is 28.6 Å². The predicted octanol–water partition coefficient (Wildman–Crippen LogP) is 2.58. The Bertz CT molecular complexity index is 2140. The van der Waals surface area contributed by atoms with Crippen LogP contribution in [0.5, 0.6) is 11.5 Å². The van der Waals surface area contributed by atoms with Crippen LogP contribution in [0.3, 0.4) is 0 Å². The van der Waals surface area contributed by atoms with Gasteiger partial charge in [-0.25, -0.2) is 0 Å². The maximum Gasteiger partial charge on any atom is 0.259 e. The minimum Gasteiger partial charge on any atom is -0.496 e. The minimum atomic E-state index is -0.768. The summed E-state index contributed by atoms with van der Waals surface area (Å²) in [5.74, 6) is 0.0702. The third-order valence-electron chi connectivity index (χ3n) is 10.6. The lowest BCUT2D eigenvalue weighted by Crippen LogP contribution is -2.53. The number of pyridine rings is 2. The molecule has 0 radical (unpaired) electrons. The molecule has 0 spiro atoms. The molecule has 2 saturated heterocycles. The molecule has 15 heteroatoms. The molecule has 3 amide bonds. The van der Waals surface area contributed by atoms with Gasteiger partial charge in [0.25, 0.3) is 11.5 Å². The quantitative estimate of drug-likeness (QED) is 0.107. The first-order valence-corrected chi connectivity index (χ1v) is 18.6. The molecular formula is C41H49N7O8. The van der Waals surface area contributed by atoms with Gasteiger partial charge in [0.05, 0.1) is 43.9 Å². The van der Waals surface area contributed by atoms with E-state index in [1.807, 2.05) is 37.5 Å². The van der Waals surface area contributed by atoms with Gasteiger partial charge in [-0.3, -0.25) is 44.1 Å². The summed E-state index contributed by atoms with van der Waals surface area (Å²) in [6.45, 7) is 6.34. The first kappa shape index (κ1) is 40.0. The molecule has 0 bridgehead atoms. The Balaban J connectivity index is 0.970. The third kappa shape index (κ3) is 8.75. The maximum absolute atomic E-state index is 13.3. The van der Waals surface area contributed by atoms with Crippen LogP contribution >= 0.6 is 0 Å². The van der Waals surface area contributed by atoms with E-state index in [0.29, 0.717) is 49.5 Å². The van der Waals surface area contributed by atoms with E-state index in [1.54, 1.807) is 50.4 Å². The van der Waals surface area contributed by atoms with E-state index in [9.17, 15) is 24.0 Å². The number of aryl methyl sites for hydroxylation is 1. The maximum atomic E-state index is 13.3. The van der Waals surface area contributed by atoms with E-state index in [2.05, 4.69) is 25.0 Å². The zero-order valence-electron chi connectivity index (χ0n) is 32.6. The van der Waals surface area contributed by atoms with E-state index >= 15 is 0 Å². The molecular weight excluding hydrogens is 718 g/mol. The number of nitrogens with zero attached hydrogens (tertiary/aromatic N) is 6. The number of anilines is 1. The number of nitrogens with one attached hydrogen (secondary N) is 1. The number of carbonyl (C=O) groups excluding carboxylic acids is 4. The number of rotatable bonds is 15. The zero-order chi connectivity index (χ0) is 39.9. The summed E-state index contributed by atoms with van der Waals surface area (Å²) in [4.78, 5) is 74.0. The highest BCUT2D eigenvalue weighted by atomic mass is 16.5. The van der Waals surface area contributed by atoms with Crippen molar-refractivity contribution in [2.24, 2.45) is 7.05 Å². The van der Waals surface area contributed by atoms with Crippen LogP contribution in [0.2, 0.25) is 0 Å². The van der Waals surface area contributed by atoms with Crippen molar-refractivity contribution in [1.82, 2.24) is 29.6 Å². The SMILES string of the molecule is COc1cc(-c2cn(C)c(=O)c3cnccc23)cc(OC)c1CN(C)CCOCCN1CCN(c2ccc(C(=O)N(C)C3CCC(=O)NC3=O)c(C=O)c2)CC1. The molecule has 1 unspecified atom stereocenters. The van der Waals surface area contributed by atoms with Gasteiger partial charge in [0.1, 0.15) is 17.5 Å². The molecule has 2 aliphatic heterocycles. The van der Waals surface area contributed by atoms with Gasteiger partial charge in [0.15, 0.2) is 6.29 Å². The second kappa shape index (κ2) is 17.9. The molecule has 4 aromatic rings. The van der Waals surface area contributed by atoms with Crippen molar-refractivity contribution in [3.63, 3.8) is 0 Å². The third-order valence-corrected chi connectivity index (χ3v) is 10.6. The smallest absolute Gasteiger partial charge is 0.259 e. The van der Waals surface area contributed by atoms with Crippen LogP contribution in [0.1, 0.15) is 39.1 Å². The Morgan fingerprint density at radius 3 is 2.39 bits per heavy atom. The summed E-state index contributed by atoms with van der Waals surface area (Å²) in [5, 5.41) is 3.63. The van der Waals surface area contributed by atoms with Gasteiger partial charge in [-0.15, -0.1) is 0 Å². The number of ether oxygens (including phenoxy) is 3. The summed E-state index contributed by atoms with van der Waals surface area (Å²) in [7, 11) is 8.55. The fraction of sp³-hybridized carbons (Fsp3) is 0.415. The van der Waals surface area contributed by atoms with E-state index in [0.717, 1.165) is 60.5 Å². The van der Waals surface area contributed by atoms with Gasteiger partial charge in [0.2, 0.25) is 11.8 Å². The molecule has 2 aromatic heterocycles. The predicted molar refractivity (Wildman–Crippen MR) is 211 cm³/mol. The number of piperidine rings is 1. The van der Waals surface area contributed by atoms with Crippen LogP contribution in [-0.4, -0.2) is 135 Å². The van der Waals surface area contributed by atoms with Gasteiger partial charge >= 0.3 is 0 Å². The number of likely N-dealkylation sites (N-methyl/N-ethyl adjacent to an activating group) is 2. The van der Waals surface area contributed by atoms with Crippen molar-refractivity contribution >= 4 is 40.5 Å². The molecule has 1 N–H and O–H groups in total. The summed E-state index contributed by atoms with van der Waals surface area (Å²) in [6.07, 6.45) is 6.17. The molecule has 15 nitrogen and oxygen atoms in total. The molecule has 0 saturated carbocycles. The first-order chi connectivity index (χ1) is 27.0. The highest BCUT2D eigenvalue weighted by molar-refractivity contribution is 6.06. The highest BCUT2D eigenvalue weighted by Gasteiger charge is 2.33. The number of piperazine rings is 1. The van der Waals surface area contributed by atoms with Crippen molar-refractivity contribution in [2.45, 2.75) is 25.4 Å². The number of aldehydes is 1. The molecule has 4 heterocycles. The molecule has 0 aliphatic carbocycles. The average Bonchev–Trinajstić information content (AvgIpc) is 3.21. The second-order valence-corrected chi connectivity index (χ2v) is 14.2. The van der Waals surface area contributed by atoms with Crippen LogP contribution in [0.4, 0.5) is 5.69 Å². The monoisotopic (exact) mass is 767 g/mol. The second-order valence-electron chi connectivity index (χ2n) is 14.2. The number of carbonyl (C=O) groups is 4. The van der Waals surface area contributed by atoms with Crippen molar-refractivity contribution in [3.8, 4) is 22.6 Å². The Morgan fingerprint density at radius 2 is 1.71 bits per heavy atom. The number of benzene rings is 2. The number of aromatic nitrogens is 2. The molecule has 2 aromatic carbocycles. The van der Waals surface area contributed by atoms with Crippen LogP contribution in [0.25, 0.3) is 21.9 Å². The minimum absolute atomic E-state index is 0.108. The normalized spacial score (nSPS) is 16.2. The topological polar surface area (TPSA) is 156 Å². The average molecular weight is 768 g/mol. The summed E-state index contributed by atoms with van der Waals surface area (Å²) in [6, 6.07) is 10.2. The number of hydrogen-bond donors (Lipinski definition) is 1. The first-order valence-electron chi connectivity index (χ1n) is 18.6. The van der Waals surface area contributed by atoms with E-state index < -0.39 is 17.9 Å². The molecule has 6 rings (SSSR count). The Morgan fingerprint density at radius 1 is 0.982 bits per heavy atom. The lowest BCUT2D eigenvalue weighted by Gasteiger charge is -2.36. The van der Waals surface area contributed by atoms with E-state index in [-0.39, 0.29) is 35.4 Å². The molecule has 2 aliphatic rings. The number of imide groups is 1. The lowest BCUT2D eigenvalue weighted by molar-refractivity contribution is -0.136. The van der Waals surface area contributed by atoms with E-state index in [1.165, 1.54) is 11.9 Å². The van der Waals surface area contributed by atoms with Gasteiger partial charge in [-0.05, 0) is 60.8 Å². The fourth-order valence-corrected chi connectivity index (χ4v) is 7.35. The van der Waals surface area contributed by atoms with Crippen molar-refractivity contribution in [2.75, 3.05) is 85.7 Å². The summed E-state index contributed by atoms with van der Waals surface area (Å²) < 4.78 is 19.3. The van der Waals surface area contributed by atoms with Crippen LogP contribution in [-0.2, 0) is 27.9 Å². The number of amides is 3. The van der Waals surface area contributed by atoms with Crippen molar-refractivity contribution in [1.29, 1.82) is 0 Å². The van der Waals surface area contributed by atoms with Gasteiger partial charge in [-0.1, -0.05) is 0 Å². The zero-order valence-corrected chi connectivity index (χ0v) is 32.6. The van der Waals surface area contributed by atoms with Gasteiger partial charge in [-0.2, -0.15) is 0 Å². The van der Waals surface area contributed by atoms with Crippen molar-refractivity contribution in [3.05, 3.63) is 82.0 Å². The summed E-state index contributed by atoms with van der Waals surface area (Å²) >= 11 is 0. The summed E-state index contributed by atoms with van der Waals surface area (Å²) in [5.41, 5.74) is 3.89. The van der Waals surface area contributed by atoms with Crippen LogP contribution in [0, 0.1) is 0 Å². The van der Waals surface area contributed by atoms with Gasteiger partial charge in [0, 0.05) is 102 Å². The van der Waals surface area contributed by atoms with Crippen LogP contribution < -0.4 is 25.2 Å². The van der Waals surface area contributed by atoms with Crippen LogP contribution in [0.15, 0.2) is 59.8 Å². The molecule has 2 fully saturated rings. The number of hydrogen-bond acceptors (Lipinski definition) is 12. The fourth-order valence-electron chi connectivity index (χ4n) is 7.35. The Hall–Kier alpha value is -5.64. The standard InChI is InChI=1S/C41H49N7O8/c1-44(24-34-36(54-4)21-27(22-37(34)55-5)33-25-45(2)40(52)32-23-42-11-10-31(32)33)16-18-56-19-17-47-12-14-48(15-13-47)29-6-7-30(28(20-29)26-49)41(53)46(3)35-8-9-38(50)43-39(35)51/h6-7,10-11,20-23,25-26,35H,8-9,12-19,24H2,1-5H3,(H,43,50,51). The number of fused-ring (bicyclic) bond motifs is 1. The largest absolute Gasteiger partial charge is 0.496 e. The highest BCUT2D eigenvalue weighted by Crippen LogP contribution is 2.37. The lowest BCUT2D eigenvalue weighted by atomic mass is 9.99. The Kier molecular flexibility index (Phi) is 12.8. The molecule has 56 heavy (non-hydrogen) atoms. The van der Waals surface area contributed by atoms with Crippen molar-refractivity contribution < 1.29 is 33.4 Å². The molecule has 1 atom stereocenters. The number of methoxy groups -OCH3 is 2.